The molecule has 0 aliphatic rings. The Morgan fingerprint density at radius 1 is 1.25 bits per heavy atom. The van der Waals surface area contributed by atoms with Crippen molar-refractivity contribution in [3.8, 4) is 17.2 Å². The second kappa shape index (κ2) is 7.70. The predicted octanol–water partition coefficient (Wildman–Crippen LogP) is 2.98. The highest BCUT2D eigenvalue weighted by Crippen LogP contribution is 2.24. The molecule has 0 saturated heterocycles. The molecule has 7 heteroatoms. The highest BCUT2D eigenvalue weighted by Gasteiger charge is 2.15. The van der Waals surface area contributed by atoms with Gasteiger partial charge in [0.1, 0.15) is 5.75 Å². The minimum atomic E-state index is -0.754. The van der Waals surface area contributed by atoms with E-state index in [0.29, 0.717) is 16.3 Å². The van der Waals surface area contributed by atoms with E-state index in [4.69, 9.17) is 16.3 Å². The molecule has 3 N–H and O–H groups in total. The van der Waals surface area contributed by atoms with Crippen molar-refractivity contribution in [2.75, 3.05) is 0 Å². The van der Waals surface area contributed by atoms with E-state index < -0.39 is 12.0 Å². The average molecular weight is 349 g/mol. The summed E-state index contributed by atoms with van der Waals surface area (Å²) < 4.78 is 5.58. The van der Waals surface area contributed by atoms with Crippen molar-refractivity contribution in [3.63, 3.8) is 0 Å². The van der Waals surface area contributed by atoms with Crippen LogP contribution in [0.25, 0.3) is 0 Å². The summed E-state index contributed by atoms with van der Waals surface area (Å²) in [6.07, 6.45) is 0.590. The summed E-state index contributed by atoms with van der Waals surface area (Å²) in [6, 6.07) is 9.32. The Labute approximate surface area is 144 Å². The highest BCUT2D eigenvalue weighted by atomic mass is 35.5. The minimum Gasteiger partial charge on any atom is -0.504 e. The molecule has 2 rings (SSSR count). The zero-order valence-corrected chi connectivity index (χ0v) is 13.9. The van der Waals surface area contributed by atoms with Crippen LogP contribution in [0.15, 0.2) is 41.5 Å². The Hall–Kier alpha value is -2.73. The number of benzene rings is 2. The van der Waals surface area contributed by atoms with Gasteiger partial charge in [0, 0.05) is 5.02 Å². The van der Waals surface area contributed by atoms with Gasteiger partial charge in [-0.05, 0) is 61.4 Å². The van der Waals surface area contributed by atoms with Crippen molar-refractivity contribution in [1.29, 1.82) is 0 Å². The number of nitrogens with zero attached hydrogens (tertiary/aromatic N) is 1. The van der Waals surface area contributed by atoms with Gasteiger partial charge in [-0.2, -0.15) is 5.10 Å². The fourth-order valence-corrected chi connectivity index (χ4v) is 2.10. The molecule has 1 atom stereocenters. The third-order valence-corrected chi connectivity index (χ3v) is 3.43. The van der Waals surface area contributed by atoms with E-state index in [0.717, 1.165) is 5.56 Å². The van der Waals surface area contributed by atoms with E-state index in [1.165, 1.54) is 18.3 Å². The number of ether oxygens (including phenoxy) is 1. The number of halogens is 1. The van der Waals surface area contributed by atoms with E-state index in [2.05, 4.69) is 10.5 Å². The molecule has 2 aromatic carbocycles. The van der Waals surface area contributed by atoms with Crippen LogP contribution < -0.4 is 10.2 Å². The molecule has 0 heterocycles. The van der Waals surface area contributed by atoms with Gasteiger partial charge in [0.2, 0.25) is 0 Å². The van der Waals surface area contributed by atoms with Gasteiger partial charge in [0.05, 0.1) is 6.21 Å². The number of phenols is 2. The Morgan fingerprint density at radius 3 is 2.67 bits per heavy atom. The maximum absolute atomic E-state index is 12.0. The quantitative estimate of drug-likeness (QED) is 0.440. The number of carbonyl (C=O) groups excluding carboxylic acids is 1. The van der Waals surface area contributed by atoms with Crippen LogP contribution in [0.3, 0.4) is 0 Å². The molecular formula is C17H17ClN2O4. The summed E-state index contributed by atoms with van der Waals surface area (Å²) in [6.45, 7) is 3.44. The van der Waals surface area contributed by atoms with Crippen molar-refractivity contribution in [1.82, 2.24) is 5.43 Å². The Kier molecular flexibility index (Phi) is 5.65. The molecular weight excluding hydrogens is 332 g/mol. The number of rotatable bonds is 5. The molecule has 24 heavy (non-hydrogen) atoms. The summed E-state index contributed by atoms with van der Waals surface area (Å²) in [5.41, 5.74) is 3.70. The molecule has 1 amide bonds. The Balaban J connectivity index is 1.93. The molecule has 0 fully saturated rings. The zero-order valence-electron chi connectivity index (χ0n) is 13.2. The van der Waals surface area contributed by atoms with Gasteiger partial charge in [0.15, 0.2) is 17.6 Å². The van der Waals surface area contributed by atoms with E-state index in [9.17, 15) is 15.0 Å². The lowest BCUT2D eigenvalue weighted by Crippen LogP contribution is -2.33. The number of phenolic OH excluding ortho intramolecular Hbond substituents is 2. The van der Waals surface area contributed by atoms with Gasteiger partial charge in [-0.15, -0.1) is 0 Å². The Bertz CT molecular complexity index is 777. The zero-order chi connectivity index (χ0) is 17.7. The van der Waals surface area contributed by atoms with Gasteiger partial charge < -0.3 is 14.9 Å². The summed E-state index contributed by atoms with van der Waals surface area (Å²) in [5, 5.41) is 23.0. The average Bonchev–Trinajstić information content (AvgIpc) is 2.53. The number of hydrogen-bond acceptors (Lipinski definition) is 5. The smallest absolute Gasteiger partial charge is 0.280 e. The summed E-state index contributed by atoms with van der Waals surface area (Å²) in [5.74, 6) is -0.352. The molecule has 0 spiro atoms. The molecule has 2 aromatic rings. The number of hydrogen-bond donors (Lipinski definition) is 3. The third kappa shape index (κ3) is 4.63. The number of aryl methyl sites for hydroxylation is 1. The third-order valence-electron chi connectivity index (χ3n) is 3.20. The van der Waals surface area contributed by atoms with Crippen LogP contribution in [0.5, 0.6) is 17.2 Å². The monoisotopic (exact) mass is 348 g/mol. The van der Waals surface area contributed by atoms with Crippen molar-refractivity contribution in [2.45, 2.75) is 20.0 Å². The van der Waals surface area contributed by atoms with Crippen molar-refractivity contribution < 1.29 is 19.7 Å². The molecule has 0 radical (unpaired) electrons. The summed E-state index contributed by atoms with van der Waals surface area (Å²) >= 11 is 5.88. The van der Waals surface area contributed by atoms with Gasteiger partial charge in [-0.3, -0.25) is 4.79 Å². The molecule has 6 nitrogen and oxygen atoms in total. The minimum absolute atomic E-state index is 0.225. The second-order valence-electron chi connectivity index (χ2n) is 5.15. The van der Waals surface area contributed by atoms with Gasteiger partial charge in [-0.25, -0.2) is 5.43 Å². The predicted molar refractivity (Wildman–Crippen MR) is 91.8 cm³/mol. The van der Waals surface area contributed by atoms with E-state index in [-0.39, 0.29) is 11.5 Å². The van der Waals surface area contributed by atoms with E-state index in [1.54, 1.807) is 31.2 Å². The molecule has 1 unspecified atom stereocenters. The number of amides is 1. The number of hydrazone groups is 1. The SMILES string of the molecule is Cc1cc(Cl)ccc1OC(C)C(=O)N/N=C/c1ccc(O)c(O)c1. The lowest BCUT2D eigenvalue weighted by Gasteiger charge is -2.14. The van der Waals surface area contributed by atoms with Gasteiger partial charge in [-0.1, -0.05) is 11.6 Å². The first-order chi connectivity index (χ1) is 11.4. The molecule has 0 aliphatic carbocycles. The molecule has 0 saturated carbocycles. The van der Waals surface area contributed by atoms with Crippen molar-refractivity contribution in [2.24, 2.45) is 5.10 Å². The van der Waals surface area contributed by atoms with Gasteiger partial charge in [0.25, 0.3) is 5.91 Å². The lowest BCUT2D eigenvalue weighted by molar-refractivity contribution is -0.127. The van der Waals surface area contributed by atoms with Crippen LogP contribution in [0.1, 0.15) is 18.1 Å². The number of carbonyl (C=O) groups is 1. The van der Waals surface area contributed by atoms with Crippen molar-refractivity contribution >= 4 is 23.7 Å². The fraction of sp³-hybridized carbons (Fsp3) is 0.176. The van der Waals surface area contributed by atoms with Crippen LogP contribution in [0.4, 0.5) is 0 Å². The summed E-state index contributed by atoms with van der Waals surface area (Å²) in [4.78, 5) is 12.0. The first kappa shape index (κ1) is 17.6. The molecule has 126 valence electrons. The van der Waals surface area contributed by atoms with Crippen LogP contribution in [0, 0.1) is 6.92 Å². The number of aromatic hydroxyl groups is 2. The standard InChI is InChI=1S/C17H17ClN2O4/c1-10-7-13(18)4-6-16(10)24-11(2)17(23)20-19-9-12-3-5-14(21)15(22)8-12/h3-9,11,21-22H,1-2H3,(H,20,23)/b19-9+. The molecule has 0 aromatic heterocycles. The first-order valence-electron chi connectivity index (χ1n) is 7.14. The second-order valence-corrected chi connectivity index (χ2v) is 5.59. The van der Waals surface area contributed by atoms with E-state index in [1.807, 2.05) is 6.92 Å². The Morgan fingerprint density at radius 2 is 2.00 bits per heavy atom. The van der Waals surface area contributed by atoms with Crippen LogP contribution in [0.2, 0.25) is 5.02 Å². The van der Waals surface area contributed by atoms with E-state index >= 15 is 0 Å². The summed E-state index contributed by atoms with van der Waals surface area (Å²) in [7, 11) is 0. The van der Waals surface area contributed by atoms with Gasteiger partial charge >= 0.3 is 0 Å². The molecule has 0 bridgehead atoms. The largest absolute Gasteiger partial charge is 0.504 e. The number of nitrogens with one attached hydrogen (secondary N) is 1. The molecule has 0 aliphatic heterocycles. The van der Waals surface area contributed by atoms with Crippen LogP contribution >= 0.6 is 11.6 Å². The highest BCUT2D eigenvalue weighted by molar-refractivity contribution is 6.30. The normalized spacial score (nSPS) is 12.1. The van der Waals surface area contributed by atoms with Crippen molar-refractivity contribution in [3.05, 3.63) is 52.5 Å². The lowest BCUT2D eigenvalue weighted by atomic mass is 10.2. The van der Waals surface area contributed by atoms with Crippen LogP contribution in [-0.4, -0.2) is 28.4 Å². The van der Waals surface area contributed by atoms with Crippen LogP contribution in [-0.2, 0) is 4.79 Å². The maximum atomic E-state index is 12.0. The topological polar surface area (TPSA) is 91.2 Å². The fourth-order valence-electron chi connectivity index (χ4n) is 1.87. The maximum Gasteiger partial charge on any atom is 0.280 e. The first-order valence-corrected chi connectivity index (χ1v) is 7.52.